The molecule has 3 aliphatic heterocycles. The fourth-order valence-electron chi connectivity index (χ4n) is 6.50. The van der Waals surface area contributed by atoms with Crippen molar-refractivity contribution in [3.05, 3.63) is 88.5 Å². The number of carbonyl (C=O) groups is 5. The second kappa shape index (κ2) is 28.2. The Bertz CT molecular complexity index is 2280. The van der Waals surface area contributed by atoms with Crippen LogP contribution >= 0.6 is 0 Å². The Morgan fingerprint density at radius 1 is 0.806 bits per heavy atom. The summed E-state index contributed by atoms with van der Waals surface area (Å²) in [6.07, 6.45) is -3.78. The quantitative estimate of drug-likeness (QED) is 0.0539. The standard InChI is InChI=1S/C21H26F3N3O4.C21H24F3N3O3.C2H6O.H3N6O.Na/c1-19(2,3)31-18(30)27-11-9-20(10-12-27,17(25)29)26-16(28)8-7-14-5-4-6-15(13-14)21(22,23)24;1-19(2,3)30-18(29)27-11-9-20(10-12-27)17(28)25-16(26-20)8-7-14-5-4-6-15(13-14)21(22,23)24;1-2-3;1-2-3-4-5-6-7;/h4-8,13H,9-12H2,1-3H3,(H2,25,29)(H,26,28);4-8,13H,9-12H2,1-3H3,(H,25,26,28);3H,2H2,1H3;(H3-,1,2,3,4,5,6,7);/q;;;-1;+1/b2*8-7+;;;. The summed E-state index contributed by atoms with van der Waals surface area (Å²) in [5, 5.41) is 31.1. The zero-order valence-electron chi connectivity index (χ0n) is 41.0. The van der Waals surface area contributed by atoms with Gasteiger partial charge in [-0.1, -0.05) is 35.6 Å². The smallest absolute Gasteiger partial charge is 0.444 e. The van der Waals surface area contributed by atoms with Gasteiger partial charge in [0.25, 0.3) is 5.91 Å². The molecule has 0 unspecified atom stereocenters. The molecule has 2 fully saturated rings. The fraction of sp³-hybridized carbons (Fsp3) is 0.500. The first-order valence-electron chi connectivity index (χ1n) is 21.6. The Morgan fingerprint density at radius 3 is 1.65 bits per heavy atom. The van der Waals surface area contributed by atoms with Gasteiger partial charge in [0.05, 0.1) is 11.1 Å². The number of benzene rings is 2. The number of nitrogens with zero attached hydrogens (tertiary/aromatic N) is 8. The number of primary amides is 1. The van der Waals surface area contributed by atoms with Gasteiger partial charge in [-0.25, -0.2) is 20.0 Å². The molecule has 0 aliphatic carbocycles. The number of nitrogens with one attached hydrogen (secondary N) is 2. The molecule has 2 aromatic rings. The second-order valence-electron chi connectivity index (χ2n) is 17.6. The molecular weight excluding hydrogens is 978 g/mol. The summed E-state index contributed by atoms with van der Waals surface area (Å²) in [6, 6.07) is 9.39. The van der Waals surface area contributed by atoms with E-state index in [1.165, 1.54) is 47.4 Å². The van der Waals surface area contributed by atoms with Crippen LogP contribution in [0.15, 0.2) is 86.6 Å². The third-order valence-corrected chi connectivity index (χ3v) is 9.80. The number of likely N-dealkylation sites (tertiary alicyclic amines) is 2. The van der Waals surface area contributed by atoms with E-state index in [9.17, 15) is 50.3 Å². The van der Waals surface area contributed by atoms with E-state index in [0.717, 1.165) is 30.3 Å². The molecule has 1 spiro atoms. The predicted octanol–water partition coefficient (Wildman–Crippen LogP) is 4.47. The van der Waals surface area contributed by atoms with Gasteiger partial charge in [-0.05, 0) is 122 Å². The summed E-state index contributed by atoms with van der Waals surface area (Å²) in [5.41, 5.74) is 3.08. The van der Waals surface area contributed by atoms with Crippen LogP contribution < -0.4 is 51.8 Å². The summed E-state index contributed by atoms with van der Waals surface area (Å²) < 4.78 is 87.6. The van der Waals surface area contributed by atoms with Gasteiger partial charge in [0, 0.05) is 38.9 Å². The summed E-state index contributed by atoms with van der Waals surface area (Å²) in [7, 11) is 0. The van der Waals surface area contributed by atoms with Crippen LogP contribution in [0.25, 0.3) is 17.7 Å². The van der Waals surface area contributed by atoms with E-state index < -0.39 is 69.8 Å². The average Bonchev–Trinajstić information content (AvgIpc) is 3.57. The minimum Gasteiger partial charge on any atom is -0.444 e. The fourth-order valence-corrected chi connectivity index (χ4v) is 6.50. The normalized spacial score (nSPS) is 16.5. The van der Waals surface area contributed by atoms with Crippen LogP contribution in [-0.4, -0.2) is 111 Å². The van der Waals surface area contributed by atoms with Crippen LogP contribution in [0.2, 0.25) is 0 Å². The average molecular weight is 1040 g/mol. The van der Waals surface area contributed by atoms with Gasteiger partial charge in [0.1, 0.15) is 28.1 Å². The number of aliphatic hydroxyl groups excluding tert-OH is 1. The van der Waals surface area contributed by atoms with E-state index in [2.05, 4.69) is 48.0 Å². The number of hydrogen-bond donors (Lipinski definition) is 6. The first-order valence-corrected chi connectivity index (χ1v) is 21.6. The predicted molar refractivity (Wildman–Crippen MR) is 245 cm³/mol. The number of carbonyl (C=O) groups excluding carboxylic acids is 5. The third-order valence-electron chi connectivity index (χ3n) is 9.80. The summed E-state index contributed by atoms with van der Waals surface area (Å²) >= 11 is 0. The molecule has 2 aromatic carbocycles. The molecule has 5 amide bonds. The number of nitrogens with two attached hydrogens (primary N) is 2. The van der Waals surface area contributed by atoms with Gasteiger partial charge in [0.2, 0.25) is 11.8 Å². The van der Waals surface area contributed by atoms with Crippen molar-refractivity contribution >= 4 is 47.9 Å². The molecule has 2 saturated heterocycles. The zero-order chi connectivity index (χ0) is 53.8. The van der Waals surface area contributed by atoms with E-state index >= 15 is 0 Å². The van der Waals surface area contributed by atoms with Gasteiger partial charge in [-0.2, -0.15) is 26.3 Å². The number of aliphatic imine (C=N–C) groups is 1. The first kappa shape index (κ1) is 63.9. The van der Waals surface area contributed by atoms with Crippen LogP contribution in [0.5, 0.6) is 0 Å². The maximum absolute atomic E-state index is 12.8. The van der Waals surface area contributed by atoms with Gasteiger partial charge in [0.15, 0.2) is 0 Å². The van der Waals surface area contributed by atoms with Gasteiger partial charge >= 0.3 is 54.1 Å². The summed E-state index contributed by atoms with van der Waals surface area (Å²) in [6.45, 7) is 13.5. The number of ether oxygens (including phenoxy) is 2. The molecule has 72 heavy (non-hydrogen) atoms. The largest absolute Gasteiger partial charge is 1.00 e. The number of amidine groups is 1. The summed E-state index contributed by atoms with van der Waals surface area (Å²) in [5.74, 6) is 3.05. The minimum absolute atomic E-state index is 0. The monoisotopic (exact) mass is 1040 g/mol. The number of rotatable bonds is 8. The molecule has 3 heterocycles. The van der Waals surface area contributed by atoms with Crippen molar-refractivity contribution in [2.45, 2.75) is 109 Å². The topological polar surface area (TPSA) is 303 Å². The Morgan fingerprint density at radius 2 is 1.25 bits per heavy atom. The van der Waals surface area contributed by atoms with E-state index in [4.69, 9.17) is 25.5 Å². The van der Waals surface area contributed by atoms with Crippen molar-refractivity contribution in [3.63, 3.8) is 0 Å². The van der Waals surface area contributed by atoms with Crippen molar-refractivity contribution in [1.82, 2.24) is 20.4 Å². The first-order chi connectivity index (χ1) is 32.9. The van der Waals surface area contributed by atoms with E-state index in [-0.39, 0.29) is 73.6 Å². The van der Waals surface area contributed by atoms with E-state index in [0.29, 0.717) is 37.3 Å². The number of hydrogen-bond acceptors (Lipinski definition) is 12. The number of aliphatic hydroxyl groups is 1. The van der Waals surface area contributed by atoms with Crippen molar-refractivity contribution < 1.29 is 99.7 Å². The Kier molecular flexibility index (Phi) is 25.0. The van der Waals surface area contributed by atoms with Crippen molar-refractivity contribution in [1.29, 1.82) is 0 Å². The minimum atomic E-state index is -4.50. The maximum Gasteiger partial charge on any atom is 1.00 e. The molecule has 28 heteroatoms. The van der Waals surface area contributed by atoms with Crippen molar-refractivity contribution in [2.75, 3.05) is 32.8 Å². The molecule has 8 N–H and O–H groups in total. The van der Waals surface area contributed by atoms with Gasteiger partial charge < -0.3 is 51.8 Å². The maximum atomic E-state index is 12.8. The van der Waals surface area contributed by atoms with Crippen LogP contribution in [-0.2, 0) is 36.2 Å². The van der Waals surface area contributed by atoms with Crippen LogP contribution in [0.1, 0.15) is 96.4 Å². The molecular formula is C44H59F6N12NaO9. The van der Waals surface area contributed by atoms with Crippen molar-refractivity contribution in [3.8, 4) is 0 Å². The molecule has 0 saturated carbocycles. The molecule has 5 rings (SSSR count). The number of amides is 5. The molecule has 392 valence electrons. The zero-order valence-corrected chi connectivity index (χ0v) is 43.0. The summed E-state index contributed by atoms with van der Waals surface area (Å²) in [4.78, 5) is 68.8. The van der Waals surface area contributed by atoms with Crippen LogP contribution in [0, 0.1) is 0 Å². The molecule has 3 aliphatic rings. The Hall–Kier alpha value is -6.16. The Labute approximate surface area is 433 Å². The number of alkyl halides is 6. The third kappa shape index (κ3) is 21.7. The van der Waals surface area contributed by atoms with Gasteiger partial charge in [-0.15, -0.1) is 5.22 Å². The molecule has 0 bridgehead atoms. The van der Waals surface area contributed by atoms with Gasteiger partial charge in [-0.3, -0.25) is 25.0 Å². The number of piperidine rings is 2. The number of halogens is 6. The molecule has 0 atom stereocenters. The van der Waals surface area contributed by atoms with Crippen molar-refractivity contribution in [2.24, 2.45) is 37.5 Å². The SMILES string of the molecule is CC(C)(C)OC(=O)N1CCC(NC(=O)/C=C/c2cccc(C(F)(F)F)c2)(C(N)=O)CC1.CC(C)(C)OC(=O)N1CCC2(CC1)N=C(/C=C/c1cccc(C(F)(F)F)c1)NC2=O.CCO.N/N=N/N=N/[N-]O.[Na+]. The van der Waals surface area contributed by atoms with E-state index in [1.54, 1.807) is 53.4 Å². The second-order valence-corrected chi connectivity index (χ2v) is 17.6. The van der Waals surface area contributed by atoms with Crippen LogP contribution in [0.3, 0.4) is 0 Å². The molecule has 21 nitrogen and oxygen atoms in total. The molecule has 0 radical (unpaired) electrons. The van der Waals surface area contributed by atoms with E-state index in [1.807, 2.05) is 0 Å². The van der Waals surface area contributed by atoms with Crippen LogP contribution in [0.4, 0.5) is 35.9 Å². The Balaban J connectivity index is 0.000000599. The molecule has 0 aromatic heterocycles.